The molecule has 0 unspecified atom stereocenters. The zero-order valence-electron chi connectivity index (χ0n) is 12.6. The van der Waals surface area contributed by atoms with Gasteiger partial charge in [-0.3, -0.25) is 0 Å². The van der Waals surface area contributed by atoms with Crippen molar-refractivity contribution in [3.8, 4) is 0 Å². The fourth-order valence-corrected chi connectivity index (χ4v) is 2.98. The highest BCUT2D eigenvalue weighted by Crippen LogP contribution is 2.36. The first-order chi connectivity index (χ1) is 8.62. The maximum atomic E-state index is 6.14. The predicted molar refractivity (Wildman–Crippen MR) is 77.8 cm³/mol. The van der Waals surface area contributed by atoms with Gasteiger partial charge in [0, 0.05) is 13.2 Å². The Morgan fingerprint density at radius 3 is 2.44 bits per heavy atom. The van der Waals surface area contributed by atoms with Gasteiger partial charge in [0.25, 0.3) is 0 Å². The van der Waals surface area contributed by atoms with Crippen molar-refractivity contribution in [3.05, 3.63) is 0 Å². The maximum absolute atomic E-state index is 6.14. The SMILES string of the molecule is CCCC1CCC(CN)(OCCCN(C)C)CC1. The lowest BCUT2D eigenvalue weighted by Crippen LogP contribution is -2.44. The Kier molecular flexibility index (Phi) is 7.20. The summed E-state index contributed by atoms with van der Waals surface area (Å²) >= 11 is 0. The van der Waals surface area contributed by atoms with Gasteiger partial charge in [-0.2, -0.15) is 0 Å². The normalized spacial score (nSPS) is 28.8. The van der Waals surface area contributed by atoms with E-state index in [4.69, 9.17) is 10.5 Å². The third-order valence-corrected chi connectivity index (χ3v) is 4.24. The Morgan fingerprint density at radius 2 is 1.94 bits per heavy atom. The van der Waals surface area contributed by atoms with Crippen molar-refractivity contribution in [2.45, 2.75) is 57.5 Å². The number of hydrogen-bond donors (Lipinski definition) is 1. The Balaban J connectivity index is 2.27. The monoisotopic (exact) mass is 256 g/mol. The molecule has 0 amide bonds. The van der Waals surface area contributed by atoms with E-state index in [1.165, 1.54) is 25.7 Å². The quantitative estimate of drug-likeness (QED) is 0.679. The van der Waals surface area contributed by atoms with E-state index in [0.717, 1.165) is 38.3 Å². The summed E-state index contributed by atoms with van der Waals surface area (Å²) in [7, 11) is 4.21. The van der Waals surface area contributed by atoms with Crippen LogP contribution in [0.5, 0.6) is 0 Å². The number of nitrogens with two attached hydrogens (primary N) is 1. The molecule has 2 N–H and O–H groups in total. The molecule has 0 heterocycles. The van der Waals surface area contributed by atoms with E-state index in [1.807, 2.05) is 0 Å². The van der Waals surface area contributed by atoms with Crippen LogP contribution in [-0.4, -0.2) is 44.3 Å². The second kappa shape index (κ2) is 8.13. The zero-order chi connectivity index (χ0) is 13.4. The lowest BCUT2D eigenvalue weighted by molar-refractivity contribution is -0.0734. The largest absolute Gasteiger partial charge is 0.374 e. The molecule has 0 saturated heterocycles. The van der Waals surface area contributed by atoms with E-state index in [0.29, 0.717) is 6.54 Å². The molecule has 0 radical (unpaired) electrons. The maximum Gasteiger partial charge on any atom is 0.0804 e. The molecular weight excluding hydrogens is 224 g/mol. The summed E-state index contributed by atoms with van der Waals surface area (Å²) in [5, 5.41) is 0. The van der Waals surface area contributed by atoms with Crippen molar-refractivity contribution in [1.29, 1.82) is 0 Å². The van der Waals surface area contributed by atoms with Gasteiger partial charge in [-0.15, -0.1) is 0 Å². The van der Waals surface area contributed by atoms with Gasteiger partial charge in [0.15, 0.2) is 0 Å². The van der Waals surface area contributed by atoms with Crippen LogP contribution in [0.2, 0.25) is 0 Å². The number of nitrogens with zero attached hydrogens (tertiary/aromatic N) is 1. The van der Waals surface area contributed by atoms with Crippen molar-refractivity contribution in [2.24, 2.45) is 11.7 Å². The molecule has 0 spiro atoms. The highest BCUT2D eigenvalue weighted by molar-refractivity contribution is 4.88. The van der Waals surface area contributed by atoms with Crippen molar-refractivity contribution < 1.29 is 4.74 Å². The molecule has 0 aromatic heterocycles. The predicted octanol–water partition coefficient (Wildman–Crippen LogP) is 2.64. The molecule has 1 saturated carbocycles. The van der Waals surface area contributed by atoms with Crippen LogP contribution in [0.25, 0.3) is 0 Å². The van der Waals surface area contributed by atoms with Crippen LogP contribution in [0.15, 0.2) is 0 Å². The van der Waals surface area contributed by atoms with Gasteiger partial charge in [-0.05, 0) is 58.7 Å². The van der Waals surface area contributed by atoms with Crippen LogP contribution in [0, 0.1) is 5.92 Å². The highest BCUT2D eigenvalue weighted by atomic mass is 16.5. The van der Waals surface area contributed by atoms with Crippen molar-refractivity contribution in [1.82, 2.24) is 4.90 Å². The minimum absolute atomic E-state index is 0.00342. The molecule has 3 heteroatoms. The van der Waals surface area contributed by atoms with E-state index in [-0.39, 0.29) is 5.60 Å². The van der Waals surface area contributed by atoms with Crippen LogP contribution >= 0.6 is 0 Å². The zero-order valence-corrected chi connectivity index (χ0v) is 12.6. The number of rotatable bonds is 8. The van der Waals surface area contributed by atoms with Gasteiger partial charge < -0.3 is 15.4 Å². The minimum Gasteiger partial charge on any atom is -0.374 e. The first-order valence-electron chi connectivity index (χ1n) is 7.60. The molecule has 0 bridgehead atoms. The van der Waals surface area contributed by atoms with E-state index in [9.17, 15) is 0 Å². The molecule has 0 atom stereocenters. The standard InChI is InChI=1S/C15H32N2O/c1-4-6-14-7-9-15(13-16,10-8-14)18-12-5-11-17(2)3/h14H,4-13,16H2,1-3H3. The molecular formula is C15H32N2O. The molecule has 0 aliphatic heterocycles. The van der Waals surface area contributed by atoms with E-state index >= 15 is 0 Å². The first-order valence-corrected chi connectivity index (χ1v) is 7.60. The van der Waals surface area contributed by atoms with Gasteiger partial charge in [0.05, 0.1) is 5.60 Å². The first kappa shape index (κ1) is 15.9. The van der Waals surface area contributed by atoms with Crippen LogP contribution in [0.1, 0.15) is 51.9 Å². The van der Waals surface area contributed by atoms with Crippen LogP contribution in [0.3, 0.4) is 0 Å². The van der Waals surface area contributed by atoms with Crippen LogP contribution < -0.4 is 5.73 Å². The lowest BCUT2D eigenvalue weighted by Gasteiger charge is -2.39. The molecule has 1 fully saturated rings. The average molecular weight is 256 g/mol. The molecule has 108 valence electrons. The smallest absolute Gasteiger partial charge is 0.0804 e. The Hall–Kier alpha value is -0.120. The lowest BCUT2D eigenvalue weighted by atomic mass is 9.77. The van der Waals surface area contributed by atoms with Gasteiger partial charge in [-0.25, -0.2) is 0 Å². The molecule has 18 heavy (non-hydrogen) atoms. The molecule has 3 nitrogen and oxygen atoms in total. The third-order valence-electron chi connectivity index (χ3n) is 4.24. The molecule has 0 aromatic carbocycles. The summed E-state index contributed by atoms with van der Waals surface area (Å²) in [6.45, 7) is 4.92. The van der Waals surface area contributed by atoms with E-state index in [1.54, 1.807) is 0 Å². The third kappa shape index (κ3) is 5.25. The van der Waals surface area contributed by atoms with Crippen LogP contribution in [-0.2, 0) is 4.74 Å². The molecule has 1 aliphatic rings. The summed E-state index contributed by atoms with van der Waals surface area (Å²) in [5.74, 6) is 0.917. The molecule has 0 aromatic rings. The van der Waals surface area contributed by atoms with E-state index in [2.05, 4.69) is 25.9 Å². The molecule has 1 aliphatic carbocycles. The van der Waals surface area contributed by atoms with Gasteiger partial charge >= 0.3 is 0 Å². The topological polar surface area (TPSA) is 38.5 Å². The summed E-state index contributed by atoms with van der Waals surface area (Å²) in [6, 6.07) is 0. The van der Waals surface area contributed by atoms with Crippen molar-refractivity contribution in [2.75, 3.05) is 33.8 Å². The number of ether oxygens (including phenoxy) is 1. The van der Waals surface area contributed by atoms with Gasteiger partial charge in [0.2, 0.25) is 0 Å². The Morgan fingerprint density at radius 1 is 1.28 bits per heavy atom. The summed E-state index contributed by atoms with van der Waals surface area (Å²) < 4.78 is 6.14. The Bertz CT molecular complexity index is 211. The summed E-state index contributed by atoms with van der Waals surface area (Å²) in [5.41, 5.74) is 5.96. The fraction of sp³-hybridized carbons (Fsp3) is 1.00. The second-order valence-electron chi connectivity index (χ2n) is 6.12. The van der Waals surface area contributed by atoms with Crippen molar-refractivity contribution in [3.63, 3.8) is 0 Å². The van der Waals surface area contributed by atoms with Crippen LogP contribution in [0.4, 0.5) is 0 Å². The Labute approximate surface area is 113 Å². The number of hydrogen-bond acceptors (Lipinski definition) is 3. The second-order valence-corrected chi connectivity index (χ2v) is 6.12. The van der Waals surface area contributed by atoms with Gasteiger partial charge in [-0.1, -0.05) is 19.8 Å². The van der Waals surface area contributed by atoms with Crippen molar-refractivity contribution >= 4 is 0 Å². The van der Waals surface area contributed by atoms with E-state index < -0.39 is 0 Å². The van der Waals surface area contributed by atoms with Gasteiger partial charge in [0.1, 0.15) is 0 Å². The minimum atomic E-state index is -0.00342. The summed E-state index contributed by atoms with van der Waals surface area (Å²) in [4.78, 5) is 2.20. The average Bonchev–Trinajstić information content (AvgIpc) is 2.37. The fourth-order valence-electron chi connectivity index (χ4n) is 2.98. The summed E-state index contributed by atoms with van der Waals surface area (Å²) in [6.07, 6.45) is 8.72. The highest BCUT2D eigenvalue weighted by Gasteiger charge is 2.34. The molecule has 1 rings (SSSR count).